The molecule has 0 aromatic heterocycles. The fourth-order valence-corrected chi connectivity index (χ4v) is 1.43. The summed E-state index contributed by atoms with van der Waals surface area (Å²) in [6, 6.07) is 4.58. The van der Waals surface area contributed by atoms with Crippen LogP contribution in [0.5, 0.6) is 0 Å². The SMILES string of the molecule is CCCNCC(O)c1ccc(C(F)(F)F)cc1. The quantitative estimate of drug-likeness (QED) is 0.784. The summed E-state index contributed by atoms with van der Waals surface area (Å²) in [6.45, 7) is 3.12. The molecular formula is C12H16F3NO. The molecule has 5 heteroatoms. The van der Waals surface area contributed by atoms with E-state index in [0.29, 0.717) is 12.1 Å². The minimum atomic E-state index is -4.33. The number of halogens is 3. The van der Waals surface area contributed by atoms with Crippen molar-refractivity contribution < 1.29 is 18.3 Å². The summed E-state index contributed by atoms with van der Waals surface area (Å²) in [7, 11) is 0. The molecule has 1 unspecified atom stereocenters. The van der Waals surface area contributed by atoms with Gasteiger partial charge in [0.15, 0.2) is 0 Å². The Morgan fingerprint density at radius 1 is 1.24 bits per heavy atom. The molecule has 0 heterocycles. The van der Waals surface area contributed by atoms with E-state index in [1.807, 2.05) is 6.92 Å². The van der Waals surface area contributed by atoms with Gasteiger partial charge in [-0.3, -0.25) is 0 Å². The molecule has 2 N–H and O–H groups in total. The lowest BCUT2D eigenvalue weighted by Crippen LogP contribution is -2.22. The van der Waals surface area contributed by atoms with E-state index in [0.717, 1.165) is 25.1 Å². The average Bonchev–Trinajstić information content (AvgIpc) is 2.28. The third kappa shape index (κ3) is 4.36. The van der Waals surface area contributed by atoms with Gasteiger partial charge in [-0.1, -0.05) is 19.1 Å². The molecule has 1 aromatic rings. The van der Waals surface area contributed by atoms with Gasteiger partial charge in [0.25, 0.3) is 0 Å². The van der Waals surface area contributed by atoms with Crippen molar-refractivity contribution in [3.8, 4) is 0 Å². The average molecular weight is 247 g/mol. The van der Waals surface area contributed by atoms with Crippen molar-refractivity contribution in [2.75, 3.05) is 13.1 Å². The molecule has 0 aliphatic heterocycles. The topological polar surface area (TPSA) is 32.3 Å². The van der Waals surface area contributed by atoms with Gasteiger partial charge in [-0.25, -0.2) is 0 Å². The van der Waals surface area contributed by atoms with Gasteiger partial charge in [0.05, 0.1) is 11.7 Å². The van der Waals surface area contributed by atoms with Crippen LogP contribution in [0.15, 0.2) is 24.3 Å². The summed E-state index contributed by atoms with van der Waals surface area (Å²) in [5, 5.41) is 12.7. The predicted molar refractivity (Wildman–Crippen MR) is 59.6 cm³/mol. The molecule has 1 atom stereocenters. The number of hydrogen-bond acceptors (Lipinski definition) is 2. The fraction of sp³-hybridized carbons (Fsp3) is 0.500. The Balaban J connectivity index is 2.61. The van der Waals surface area contributed by atoms with Crippen LogP contribution in [0, 0.1) is 0 Å². The molecule has 17 heavy (non-hydrogen) atoms. The third-order valence-electron chi connectivity index (χ3n) is 2.39. The monoisotopic (exact) mass is 247 g/mol. The predicted octanol–water partition coefficient (Wildman–Crippen LogP) is 2.74. The van der Waals surface area contributed by atoms with E-state index in [-0.39, 0.29) is 0 Å². The first-order valence-electron chi connectivity index (χ1n) is 5.51. The van der Waals surface area contributed by atoms with Gasteiger partial charge in [-0.15, -0.1) is 0 Å². The summed E-state index contributed by atoms with van der Waals surface area (Å²) in [5.41, 5.74) is -0.212. The number of benzene rings is 1. The van der Waals surface area contributed by atoms with Gasteiger partial charge < -0.3 is 10.4 Å². The molecule has 0 saturated carbocycles. The first-order valence-corrected chi connectivity index (χ1v) is 5.51. The molecule has 0 bridgehead atoms. The van der Waals surface area contributed by atoms with Gasteiger partial charge >= 0.3 is 6.18 Å². The normalized spacial score (nSPS) is 13.7. The highest BCUT2D eigenvalue weighted by Crippen LogP contribution is 2.29. The van der Waals surface area contributed by atoms with Crippen LogP contribution < -0.4 is 5.32 Å². The van der Waals surface area contributed by atoms with E-state index in [2.05, 4.69) is 5.32 Å². The largest absolute Gasteiger partial charge is 0.416 e. The van der Waals surface area contributed by atoms with E-state index in [1.165, 1.54) is 12.1 Å². The first kappa shape index (κ1) is 14.0. The number of nitrogens with one attached hydrogen (secondary N) is 1. The van der Waals surface area contributed by atoms with Crippen molar-refractivity contribution in [3.63, 3.8) is 0 Å². The van der Waals surface area contributed by atoms with Gasteiger partial charge in [0.2, 0.25) is 0 Å². The number of rotatable bonds is 5. The molecule has 0 spiro atoms. The Morgan fingerprint density at radius 3 is 2.29 bits per heavy atom. The lowest BCUT2D eigenvalue weighted by molar-refractivity contribution is -0.137. The van der Waals surface area contributed by atoms with Crippen molar-refractivity contribution in [1.29, 1.82) is 0 Å². The molecule has 96 valence electrons. The van der Waals surface area contributed by atoms with Gasteiger partial charge in [-0.2, -0.15) is 13.2 Å². The fourth-order valence-electron chi connectivity index (χ4n) is 1.43. The van der Waals surface area contributed by atoms with Gasteiger partial charge in [0.1, 0.15) is 0 Å². The van der Waals surface area contributed by atoms with Crippen LogP contribution in [0.4, 0.5) is 13.2 Å². The van der Waals surface area contributed by atoms with Crippen LogP contribution in [0.25, 0.3) is 0 Å². The lowest BCUT2D eigenvalue weighted by Gasteiger charge is -2.13. The van der Waals surface area contributed by atoms with Crippen molar-refractivity contribution in [3.05, 3.63) is 35.4 Å². The summed E-state index contributed by atoms with van der Waals surface area (Å²) in [5.74, 6) is 0. The van der Waals surface area contributed by atoms with E-state index in [9.17, 15) is 18.3 Å². The van der Waals surface area contributed by atoms with Gasteiger partial charge in [0, 0.05) is 6.54 Å². The molecule has 0 amide bonds. The molecule has 1 rings (SSSR count). The van der Waals surface area contributed by atoms with E-state index < -0.39 is 17.8 Å². The maximum atomic E-state index is 12.3. The lowest BCUT2D eigenvalue weighted by atomic mass is 10.1. The van der Waals surface area contributed by atoms with E-state index >= 15 is 0 Å². The Kier molecular flexibility index (Phi) is 4.96. The van der Waals surface area contributed by atoms with E-state index in [4.69, 9.17) is 0 Å². The first-order chi connectivity index (χ1) is 7.95. The third-order valence-corrected chi connectivity index (χ3v) is 2.39. The Hall–Kier alpha value is -1.07. The van der Waals surface area contributed by atoms with E-state index in [1.54, 1.807) is 0 Å². The number of hydrogen-bond donors (Lipinski definition) is 2. The second-order valence-electron chi connectivity index (χ2n) is 3.84. The van der Waals surface area contributed by atoms with Crippen LogP contribution in [0.1, 0.15) is 30.6 Å². The second-order valence-corrected chi connectivity index (χ2v) is 3.84. The Morgan fingerprint density at radius 2 is 1.82 bits per heavy atom. The minimum absolute atomic E-state index is 0.346. The number of aliphatic hydroxyl groups is 1. The standard InChI is InChI=1S/C12H16F3NO/c1-2-7-16-8-11(17)9-3-5-10(6-4-9)12(13,14)15/h3-6,11,16-17H,2,7-8H2,1H3. The Labute approximate surface area is 98.5 Å². The highest BCUT2D eigenvalue weighted by molar-refractivity contribution is 5.26. The van der Waals surface area contributed by atoms with Gasteiger partial charge in [-0.05, 0) is 30.7 Å². The second kappa shape index (κ2) is 6.02. The molecule has 2 nitrogen and oxygen atoms in total. The number of alkyl halides is 3. The van der Waals surface area contributed by atoms with Crippen LogP contribution in [-0.4, -0.2) is 18.2 Å². The molecule has 0 aliphatic rings. The summed E-state index contributed by atoms with van der Waals surface area (Å²) < 4.78 is 36.9. The van der Waals surface area contributed by atoms with Crippen LogP contribution in [0.3, 0.4) is 0 Å². The molecule has 0 radical (unpaired) electrons. The molecule has 1 aromatic carbocycles. The zero-order valence-electron chi connectivity index (χ0n) is 9.59. The highest BCUT2D eigenvalue weighted by atomic mass is 19.4. The summed E-state index contributed by atoms with van der Waals surface area (Å²) in [4.78, 5) is 0. The van der Waals surface area contributed by atoms with Crippen LogP contribution in [0.2, 0.25) is 0 Å². The summed E-state index contributed by atoms with van der Waals surface area (Å²) >= 11 is 0. The van der Waals surface area contributed by atoms with Crippen molar-refractivity contribution >= 4 is 0 Å². The Bertz CT molecular complexity index is 335. The maximum Gasteiger partial charge on any atom is 0.416 e. The highest BCUT2D eigenvalue weighted by Gasteiger charge is 2.30. The van der Waals surface area contributed by atoms with Crippen molar-refractivity contribution in [2.45, 2.75) is 25.6 Å². The van der Waals surface area contributed by atoms with Crippen molar-refractivity contribution in [1.82, 2.24) is 5.32 Å². The molecular weight excluding hydrogens is 231 g/mol. The van der Waals surface area contributed by atoms with Crippen LogP contribution >= 0.6 is 0 Å². The van der Waals surface area contributed by atoms with Crippen LogP contribution in [-0.2, 0) is 6.18 Å². The van der Waals surface area contributed by atoms with Crippen molar-refractivity contribution in [2.24, 2.45) is 0 Å². The number of aliphatic hydroxyl groups excluding tert-OH is 1. The molecule has 0 fully saturated rings. The summed E-state index contributed by atoms with van der Waals surface area (Å²) in [6.07, 6.45) is -4.16. The maximum absolute atomic E-state index is 12.3. The smallest absolute Gasteiger partial charge is 0.387 e. The zero-order valence-corrected chi connectivity index (χ0v) is 9.59. The molecule has 0 saturated heterocycles. The zero-order chi connectivity index (χ0) is 12.9. The molecule has 0 aliphatic carbocycles. The minimum Gasteiger partial charge on any atom is -0.387 e.